The quantitative estimate of drug-likeness (QED) is 0.360. The number of benzene rings is 2. The van der Waals surface area contributed by atoms with Crippen molar-refractivity contribution in [3.63, 3.8) is 0 Å². The first-order valence-electron chi connectivity index (χ1n) is 9.95. The largest absolute Gasteiger partial charge is 0.417 e. The monoisotopic (exact) mass is 470 g/mol. The molecule has 168 valence electrons. The zero-order valence-corrected chi connectivity index (χ0v) is 17.8. The molecule has 2 heterocycles. The van der Waals surface area contributed by atoms with Crippen LogP contribution in [0.4, 0.5) is 19.0 Å². The molecule has 4 rings (SSSR count). The van der Waals surface area contributed by atoms with Crippen LogP contribution in [0.2, 0.25) is 5.02 Å². The van der Waals surface area contributed by atoms with Crippen LogP contribution in [0.3, 0.4) is 0 Å². The lowest BCUT2D eigenvalue weighted by atomic mass is 10.0. The molecule has 0 spiro atoms. The molecule has 33 heavy (non-hydrogen) atoms. The fraction of sp³-hybridized carbons (Fsp3) is 0.125. The van der Waals surface area contributed by atoms with E-state index in [9.17, 15) is 18.3 Å². The van der Waals surface area contributed by atoms with Crippen molar-refractivity contribution in [1.82, 2.24) is 15.0 Å². The molecule has 0 saturated heterocycles. The molecule has 1 atom stereocenters. The van der Waals surface area contributed by atoms with Gasteiger partial charge in [-0.2, -0.15) is 13.2 Å². The number of hydrogen-bond donors (Lipinski definition) is 2. The summed E-state index contributed by atoms with van der Waals surface area (Å²) in [6.07, 6.45) is -2.14. The van der Waals surface area contributed by atoms with Gasteiger partial charge in [-0.15, -0.1) is 0 Å². The second-order valence-corrected chi connectivity index (χ2v) is 7.60. The van der Waals surface area contributed by atoms with Gasteiger partial charge in [0, 0.05) is 30.1 Å². The van der Waals surface area contributed by atoms with Gasteiger partial charge in [0.05, 0.1) is 22.4 Å². The molecule has 0 radical (unpaired) electrons. The van der Waals surface area contributed by atoms with Crippen molar-refractivity contribution in [1.29, 1.82) is 0 Å². The van der Waals surface area contributed by atoms with Crippen molar-refractivity contribution in [2.24, 2.45) is 0 Å². The minimum absolute atomic E-state index is 0.174. The van der Waals surface area contributed by atoms with Crippen molar-refractivity contribution < 1.29 is 18.3 Å². The summed E-state index contributed by atoms with van der Waals surface area (Å²) < 4.78 is 38.8. The lowest BCUT2D eigenvalue weighted by Gasteiger charge is -2.14. The number of pyridine rings is 1. The van der Waals surface area contributed by atoms with Gasteiger partial charge in [-0.25, -0.2) is 9.97 Å². The van der Waals surface area contributed by atoms with Crippen molar-refractivity contribution >= 4 is 17.4 Å². The maximum atomic E-state index is 12.9. The number of aromatic nitrogens is 3. The van der Waals surface area contributed by atoms with E-state index in [0.29, 0.717) is 16.9 Å². The molecule has 0 aliphatic rings. The number of nitrogens with one attached hydrogen (secondary N) is 1. The summed E-state index contributed by atoms with van der Waals surface area (Å²) in [5.74, 6) is 0.630. The molecule has 0 amide bonds. The van der Waals surface area contributed by atoms with Gasteiger partial charge in [-0.05, 0) is 35.9 Å². The average molecular weight is 471 g/mol. The predicted octanol–water partition coefficient (Wildman–Crippen LogP) is 6.02. The first-order valence-corrected chi connectivity index (χ1v) is 10.3. The number of anilines is 1. The highest BCUT2D eigenvalue weighted by Gasteiger charge is 2.33. The van der Waals surface area contributed by atoms with Crippen LogP contribution in [-0.2, 0) is 6.18 Å². The van der Waals surface area contributed by atoms with Gasteiger partial charge in [-0.3, -0.25) is 4.98 Å². The summed E-state index contributed by atoms with van der Waals surface area (Å²) in [6, 6.07) is 18.0. The molecule has 0 aliphatic heterocycles. The lowest BCUT2D eigenvalue weighted by molar-refractivity contribution is -0.137. The highest BCUT2D eigenvalue weighted by atomic mass is 35.5. The van der Waals surface area contributed by atoms with E-state index in [-0.39, 0.29) is 12.4 Å². The molecule has 2 aromatic carbocycles. The molecule has 4 aromatic rings. The molecule has 2 N–H and O–H groups in total. The van der Waals surface area contributed by atoms with E-state index >= 15 is 0 Å². The smallest absolute Gasteiger partial charge is 0.387 e. The van der Waals surface area contributed by atoms with Crippen molar-refractivity contribution in [3.05, 3.63) is 95.3 Å². The van der Waals surface area contributed by atoms with Gasteiger partial charge < -0.3 is 10.4 Å². The first kappa shape index (κ1) is 22.7. The standard InChI is InChI=1S/C24H18ClF3N4O/c25-19-13-17(8-9-18(19)24(26,27)28)23-30-12-10-22(32-23)31-14-21(33)16-6-4-15(5-7-16)20-3-1-2-11-29-20/h1-13,21,33H,14H2,(H,30,31,32). The van der Waals surface area contributed by atoms with E-state index in [1.165, 1.54) is 18.3 Å². The van der Waals surface area contributed by atoms with E-state index in [1.807, 2.05) is 42.5 Å². The second kappa shape index (κ2) is 9.56. The van der Waals surface area contributed by atoms with Gasteiger partial charge in [0.1, 0.15) is 5.82 Å². The third-order valence-corrected chi connectivity index (χ3v) is 5.23. The molecule has 0 saturated carbocycles. The molecule has 9 heteroatoms. The summed E-state index contributed by atoms with van der Waals surface area (Å²) in [6.45, 7) is 0.174. The van der Waals surface area contributed by atoms with E-state index in [4.69, 9.17) is 11.6 Å². The van der Waals surface area contributed by atoms with Gasteiger partial charge >= 0.3 is 6.18 Å². The minimum Gasteiger partial charge on any atom is -0.387 e. The molecule has 0 aliphatic carbocycles. The summed E-state index contributed by atoms with van der Waals surface area (Å²) >= 11 is 5.80. The Labute approximate surface area is 193 Å². The van der Waals surface area contributed by atoms with E-state index < -0.39 is 22.9 Å². The minimum atomic E-state index is -4.54. The molecular weight excluding hydrogens is 453 g/mol. The van der Waals surface area contributed by atoms with Crippen LogP contribution in [0, 0.1) is 0 Å². The van der Waals surface area contributed by atoms with Gasteiger partial charge in [0.15, 0.2) is 5.82 Å². The lowest BCUT2D eigenvalue weighted by Crippen LogP contribution is -2.13. The van der Waals surface area contributed by atoms with E-state index in [1.54, 1.807) is 12.3 Å². The Morgan fingerprint density at radius 1 is 0.909 bits per heavy atom. The molecule has 1 unspecified atom stereocenters. The Morgan fingerprint density at radius 3 is 2.33 bits per heavy atom. The van der Waals surface area contributed by atoms with Gasteiger partial charge in [0.2, 0.25) is 0 Å². The highest BCUT2D eigenvalue weighted by molar-refractivity contribution is 6.31. The van der Waals surface area contributed by atoms with Crippen LogP contribution in [0.1, 0.15) is 17.2 Å². The number of alkyl halides is 3. The van der Waals surface area contributed by atoms with Crippen LogP contribution in [0.15, 0.2) is 79.1 Å². The Kier molecular flexibility index (Phi) is 6.57. The number of halogens is 4. The molecule has 2 aromatic heterocycles. The predicted molar refractivity (Wildman–Crippen MR) is 121 cm³/mol. The van der Waals surface area contributed by atoms with E-state index in [0.717, 1.165) is 17.3 Å². The van der Waals surface area contributed by atoms with Crippen LogP contribution in [0.25, 0.3) is 22.6 Å². The number of hydrogen-bond acceptors (Lipinski definition) is 5. The third-order valence-electron chi connectivity index (χ3n) is 4.92. The second-order valence-electron chi connectivity index (χ2n) is 7.19. The van der Waals surface area contributed by atoms with Crippen LogP contribution in [-0.4, -0.2) is 26.6 Å². The molecule has 5 nitrogen and oxygen atoms in total. The van der Waals surface area contributed by atoms with Crippen LogP contribution >= 0.6 is 11.6 Å². The molecule has 0 bridgehead atoms. The third kappa shape index (κ3) is 5.47. The zero-order chi connectivity index (χ0) is 23.4. The first-order chi connectivity index (χ1) is 15.8. The number of aliphatic hydroxyl groups is 1. The normalized spacial score (nSPS) is 12.4. The Balaban J connectivity index is 1.43. The van der Waals surface area contributed by atoms with Gasteiger partial charge in [-0.1, -0.05) is 48.0 Å². The fourth-order valence-electron chi connectivity index (χ4n) is 3.21. The summed E-state index contributed by atoms with van der Waals surface area (Å²) in [4.78, 5) is 12.7. The molecular formula is C24H18ClF3N4O. The van der Waals surface area contributed by atoms with Crippen LogP contribution < -0.4 is 5.32 Å². The Hall–Kier alpha value is -3.49. The summed E-state index contributed by atoms with van der Waals surface area (Å²) in [7, 11) is 0. The van der Waals surface area contributed by atoms with Crippen molar-refractivity contribution in [2.45, 2.75) is 12.3 Å². The number of rotatable bonds is 6. The molecule has 0 fully saturated rings. The van der Waals surface area contributed by atoms with Gasteiger partial charge in [0.25, 0.3) is 0 Å². The maximum Gasteiger partial charge on any atom is 0.417 e. The van der Waals surface area contributed by atoms with Crippen molar-refractivity contribution in [3.8, 4) is 22.6 Å². The van der Waals surface area contributed by atoms with Crippen molar-refractivity contribution in [2.75, 3.05) is 11.9 Å². The highest BCUT2D eigenvalue weighted by Crippen LogP contribution is 2.36. The number of aliphatic hydroxyl groups excluding tert-OH is 1. The SMILES string of the molecule is OC(CNc1ccnc(-c2ccc(C(F)(F)F)c(Cl)c2)n1)c1ccc(-c2ccccn2)cc1. The maximum absolute atomic E-state index is 12.9. The van der Waals surface area contributed by atoms with Crippen LogP contribution in [0.5, 0.6) is 0 Å². The number of nitrogens with zero attached hydrogens (tertiary/aromatic N) is 3. The zero-order valence-electron chi connectivity index (χ0n) is 17.1. The summed E-state index contributed by atoms with van der Waals surface area (Å²) in [5, 5.41) is 13.1. The summed E-state index contributed by atoms with van der Waals surface area (Å²) in [5.41, 5.74) is 1.93. The topological polar surface area (TPSA) is 70.9 Å². The van der Waals surface area contributed by atoms with E-state index in [2.05, 4.69) is 20.3 Å². The average Bonchev–Trinajstić information content (AvgIpc) is 2.82. The Morgan fingerprint density at radius 2 is 1.67 bits per heavy atom. The fourth-order valence-corrected chi connectivity index (χ4v) is 3.50. The Bertz CT molecular complexity index is 1230.